The Balaban J connectivity index is 1.07. The van der Waals surface area contributed by atoms with Gasteiger partial charge in [0.15, 0.2) is 25.2 Å². The molecule has 4 aliphatic rings. The van der Waals surface area contributed by atoms with Crippen LogP contribution in [0, 0.1) is 0 Å². The fourth-order valence-electron chi connectivity index (χ4n) is 8.70. The Kier molecular flexibility index (Phi) is 22.1. The first kappa shape index (κ1) is 59.4. The molecule has 4 heterocycles. The monoisotopic (exact) mass is 1070 g/mol. The molecule has 74 heavy (non-hydrogen) atoms. The average molecular weight is 1070 g/mol. The number of nitrogens with one attached hydrogen (secondary N) is 1. The number of hydrogen-bond acceptors (Lipinski definition) is 23. The third-order valence-electron chi connectivity index (χ3n) is 12.8. The van der Waals surface area contributed by atoms with Gasteiger partial charge in [0, 0.05) is 19.7 Å². The summed E-state index contributed by atoms with van der Waals surface area (Å²) in [5.41, 5.74) is 1.71. The molecule has 25 nitrogen and oxygen atoms in total. The number of carbonyl (C=O) groups is 2. The molecule has 2 amide bonds. The molecule has 0 aliphatic carbocycles. The maximum absolute atomic E-state index is 13.6. The summed E-state index contributed by atoms with van der Waals surface area (Å²) >= 11 is 0. The summed E-state index contributed by atoms with van der Waals surface area (Å²) in [5, 5.41) is 129. The zero-order chi connectivity index (χ0) is 53.9. The molecular weight excluding hydrogens is 1010 g/mol. The van der Waals surface area contributed by atoms with Crippen molar-refractivity contribution >= 4 is 12.0 Å². The van der Waals surface area contributed by atoms with Gasteiger partial charge < -0.3 is 114 Å². The number of amides is 2. The van der Waals surface area contributed by atoms with E-state index in [0.29, 0.717) is 32.4 Å². The molecule has 0 radical (unpaired) electrons. The van der Waals surface area contributed by atoms with Crippen LogP contribution in [0.2, 0.25) is 0 Å². The number of alkyl halides is 3. The number of nitrogens with zero attached hydrogens (tertiary/aromatic N) is 1. The van der Waals surface area contributed by atoms with Crippen molar-refractivity contribution in [1.29, 1.82) is 0 Å². The fourth-order valence-corrected chi connectivity index (χ4v) is 8.70. The van der Waals surface area contributed by atoms with Gasteiger partial charge in [0.1, 0.15) is 104 Å². The highest BCUT2D eigenvalue weighted by molar-refractivity contribution is 5.82. The highest BCUT2D eigenvalue weighted by atomic mass is 19.4. The van der Waals surface area contributed by atoms with Crippen molar-refractivity contribution in [2.75, 3.05) is 39.6 Å². The van der Waals surface area contributed by atoms with Gasteiger partial charge in [-0.3, -0.25) is 4.79 Å². The van der Waals surface area contributed by atoms with E-state index in [2.05, 4.69) is 0 Å². The number of halogens is 3. The Morgan fingerprint density at radius 2 is 1.04 bits per heavy atom. The Morgan fingerprint density at radius 3 is 1.62 bits per heavy atom. The van der Waals surface area contributed by atoms with E-state index in [4.69, 9.17) is 42.6 Å². The van der Waals surface area contributed by atoms with E-state index in [1.54, 1.807) is 4.90 Å². The van der Waals surface area contributed by atoms with Gasteiger partial charge in [-0.25, -0.2) is 4.79 Å². The predicted octanol–water partition coefficient (Wildman–Crippen LogP) is -4.03. The molecular formula is C46H65F3N2O23. The van der Waals surface area contributed by atoms with E-state index in [1.165, 1.54) is 5.32 Å². The van der Waals surface area contributed by atoms with Crippen molar-refractivity contribution < 1.29 is 127 Å². The molecule has 20 atom stereocenters. The molecule has 13 N–H and O–H groups in total. The van der Waals surface area contributed by atoms with Gasteiger partial charge >= 0.3 is 18.2 Å². The van der Waals surface area contributed by atoms with Crippen molar-refractivity contribution in [2.45, 2.75) is 161 Å². The van der Waals surface area contributed by atoms with Crippen molar-refractivity contribution in [2.24, 2.45) is 0 Å². The summed E-state index contributed by atoms with van der Waals surface area (Å²) in [6, 6.07) is 16.1. The largest absolute Gasteiger partial charge is 0.471 e. The minimum atomic E-state index is -5.61. The third-order valence-corrected chi connectivity index (χ3v) is 12.8. The molecule has 0 aromatic heterocycles. The van der Waals surface area contributed by atoms with Gasteiger partial charge in [0.2, 0.25) is 0 Å². The standard InChI is InChI=1S/C46H65F3N2O23/c47-46(48,49)44(64)50-28-31(58)37(72-42-34(61)32(59)29(56)24(17-52)68-42)26(19-54)70-40(28)74-39-30(57)25(18-53)69-43(36(39)63)73-38-27(20-55)71-41(35(62)33(38)60)66-15-9-3-8-14-51(16-22-10-4-1-5-11-22)45(65)67-21-23-12-6-2-7-13-23/h1-2,4-7,10-13,24-43,52-63H,3,8-9,14-21H2,(H,50,64)/t24-,25-,26-,27-,28-,29+,30+,31-,32+,33-,34-,35-,36-,37-,38-,39+,40+,41-,42+,43+/m1/s1. The molecule has 0 unspecified atom stereocenters. The summed E-state index contributed by atoms with van der Waals surface area (Å²) in [4.78, 5) is 27.0. The van der Waals surface area contributed by atoms with E-state index < -0.39 is 167 Å². The molecule has 0 saturated carbocycles. The molecule has 4 fully saturated rings. The Morgan fingerprint density at radius 1 is 0.541 bits per heavy atom. The number of rotatable bonds is 22. The second-order valence-corrected chi connectivity index (χ2v) is 18.0. The zero-order valence-electron chi connectivity index (χ0n) is 39.5. The maximum atomic E-state index is 13.6. The average Bonchev–Trinajstić information content (AvgIpc) is 3.39. The number of benzene rings is 2. The third kappa shape index (κ3) is 14.8. The molecule has 4 saturated heterocycles. The first-order valence-electron chi connectivity index (χ1n) is 23.8. The van der Waals surface area contributed by atoms with Crippen LogP contribution in [0.25, 0.3) is 0 Å². The molecule has 2 aromatic carbocycles. The lowest BCUT2D eigenvalue weighted by Crippen LogP contribution is -2.70. The molecule has 0 bridgehead atoms. The second-order valence-electron chi connectivity index (χ2n) is 18.0. The van der Waals surface area contributed by atoms with Crippen LogP contribution >= 0.6 is 0 Å². The highest BCUT2D eigenvalue weighted by Crippen LogP contribution is 2.35. The van der Waals surface area contributed by atoms with Gasteiger partial charge in [-0.05, 0) is 30.4 Å². The first-order valence-corrected chi connectivity index (χ1v) is 23.8. The van der Waals surface area contributed by atoms with E-state index in [1.807, 2.05) is 60.7 Å². The van der Waals surface area contributed by atoms with Crippen molar-refractivity contribution in [3.8, 4) is 0 Å². The minimum absolute atomic E-state index is 0.0328. The summed E-state index contributed by atoms with van der Waals surface area (Å²) in [6.45, 7) is -3.38. The quantitative estimate of drug-likeness (QED) is 0.0500. The van der Waals surface area contributed by atoms with E-state index >= 15 is 0 Å². The van der Waals surface area contributed by atoms with Crippen molar-refractivity contribution in [3.05, 3.63) is 71.8 Å². The number of ether oxygens (including phenoxy) is 9. The summed E-state index contributed by atoms with van der Waals surface area (Å²) in [7, 11) is 0. The van der Waals surface area contributed by atoms with Crippen LogP contribution in [-0.4, -0.2) is 247 Å². The van der Waals surface area contributed by atoms with Crippen LogP contribution in [-0.2, 0) is 60.6 Å². The predicted molar refractivity (Wildman–Crippen MR) is 237 cm³/mol. The maximum Gasteiger partial charge on any atom is 0.471 e. The lowest BCUT2D eigenvalue weighted by Gasteiger charge is -2.50. The van der Waals surface area contributed by atoms with Crippen LogP contribution in [0.4, 0.5) is 18.0 Å². The lowest BCUT2D eigenvalue weighted by atomic mass is 9.94. The van der Waals surface area contributed by atoms with E-state index in [9.17, 15) is 84.0 Å². The molecule has 2 aromatic rings. The molecule has 0 spiro atoms. The molecule has 4 aliphatic heterocycles. The molecule has 6 rings (SSSR count). The summed E-state index contributed by atoms with van der Waals surface area (Å²) in [6.07, 6.45) is -42.2. The van der Waals surface area contributed by atoms with Gasteiger partial charge in [0.05, 0.1) is 26.4 Å². The lowest BCUT2D eigenvalue weighted by molar-refractivity contribution is -0.381. The number of aliphatic hydroxyl groups excluding tert-OH is 12. The van der Waals surface area contributed by atoms with Crippen LogP contribution in [0.15, 0.2) is 60.7 Å². The second kappa shape index (κ2) is 27.5. The van der Waals surface area contributed by atoms with E-state index in [0.717, 1.165) is 11.1 Å². The van der Waals surface area contributed by atoms with E-state index in [-0.39, 0.29) is 13.2 Å². The summed E-state index contributed by atoms with van der Waals surface area (Å²) < 4.78 is 91.3. The first-order chi connectivity index (χ1) is 35.3. The topological polar surface area (TPSA) is 375 Å². The van der Waals surface area contributed by atoms with Crippen LogP contribution in [0.3, 0.4) is 0 Å². The smallest absolute Gasteiger partial charge is 0.445 e. The Labute approximate surface area is 421 Å². The van der Waals surface area contributed by atoms with Gasteiger partial charge in [-0.15, -0.1) is 0 Å². The minimum Gasteiger partial charge on any atom is -0.445 e. The normalized spacial score (nSPS) is 36.7. The number of hydrogen-bond donors (Lipinski definition) is 13. The summed E-state index contributed by atoms with van der Waals surface area (Å²) in [5.74, 6) is -2.68. The van der Waals surface area contributed by atoms with Crippen molar-refractivity contribution in [1.82, 2.24) is 10.2 Å². The van der Waals surface area contributed by atoms with Crippen LogP contribution in [0.1, 0.15) is 30.4 Å². The number of unbranched alkanes of at least 4 members (excludes halogenated alkanes) is 2. The SMILES string of the molecule is O=C(OCc1ccccc1)N(CCCCCO[C@@H]1O[C@H](CO)[C@@H](O[C@@H]2O[C@H](CO)[C@H](O)[C@H](O[C@@H]3O[C@H](CO)[C@@H](O[C@@H]4O[C@H](CO)[C@H](O)[C@H](O)[C@H]4O)[C@H](O)[C@H]3NC(=O)C(F)(F)F)[C@H]2O)[C@H](O)[C@H]1O)Cc1ccccc1. The Hall–Kier alpha value is -3.83. The molecule has 28 heteroatoms. The van der Waals surface area contributed by atoms with Crippen LogP contribution < -0.4 is 5.32 Å². The number of carbonyl (C=O) groups excluding carboxylic acids is 2. The number of aliphatic hydroxyl groups is 12. The zero-order valence-corrected chi connectivity index (χ0v) is 39.5. The highest BCUT2D eigenvalue weighted by Gasteiger charge is 2.57. The van der Waals surface area contributed by atoms with Gasteiger partial charge in [-0.2, -0.15) is 13.2 Å². The fraction of sp³-hybridized carbons (Fsp3) is 0.696. The Bertz CT molecular complexity index is 2000. The van der Waals surface area contributed by atoms with Crippen molar-refractivity contribution in [3.63, 3.8) is 0 Å². The molecule has 418 valence electrons. The van der Waals surface area contributed by atoms with Gasteiger partial charge in [0.25, 0.3) is 0 Å². The van der Waals surface area contributed by atoms with Gasteiger partial charge in [-0.1, -0.05) is 60.7 Å². The van der Waals surface area contributed by atoms with Crippen LogP contribution in [0.5, 0.6) is 0 Å².